The highest BCUT2D eigenvalue weighted by molar-refractivity contribution is 5.84. The van der Waals surface area contributed by atoms with Crippen LogP contribution >= 0.6 is 0 Å². The molecule has 6 heteroatoms. The number of rotatable bonds is 6. The number of alkyl halides is 3. The van der Waals surface area contributed by atoms with Gasteiger partial charge < -0.3 is 4.90 Å². The van der Waals surface area contributed by atoms with Crippen molar-refractivity contribution >= 4 is 5.91 Å². The summed E-state index contributed by atoms with van der Waals surface area (Å²) in [6.07, 6.45) is -3.05. The first-order valence-electron chi connectivity index (χ1n) is 6.93. The van der Waals surface area contributed by atoms with Gasteiger partial charge in [-0.05, 0) is 12.3 Å². The van der Waals surface area contributed by atoms with E-state index in [1.165, 1.54) is 4.90 Å². The molecule has 112 valence electrons. The minimum absolute atomic E-state index is 0.141. The van der Waals surface area contributed by atoms with E-state index in [9.17, 15) is 18.0 Å². The van der Waals surface area contributed by atoms with Gasteiger partial charge in [0.2, 0.25) is 5.91 Å². The van der Waals surface area contributed by atoms with Crippen molar-refractivity contribution in [2.75, 3.05) is 6.54 Å². The van der Waals surface area contributed by atoms with Crippen molar-refractivity contribution in [3.63, 3.8) is 0 Å². The number of carbonyl (C=O) groups excluding carboxylic acids is 1. The van der Waals surface area contributed by atoms with Crippen molar-refractivity contribution in [2.24, 2.45) is 5.92 Å². The van der Waals surface area contributed by atoms with Gasteiger partial charge in [-0.25, -0.2) is 0 Å². The summed E-state index contributed by atoms with van der Waals surface area (Å²) in [7, 11) is 0. The van der Waals surface area contributed by atoms with Crippen LogP contribution in [-0.2, 0) is 4.79 Å². The number of carbonyl (C=O) groups is 1. The van der Waals surface area contributed by atoms with Crippen molar-refractivity contribution in [1.82, 2.24) is 10.2 Å². The van der Waals surface area contributed by atoms with Crippen LogP contribution in [-0.4, -0.2) is 35.7 Å². The molecule has 19 heavy (non-hydrogen) atoms. The van der Waals surface area contributed by atoms with E-state index in [4.69, 9.17) is 0 Å². The van der Waals surface area contributed by atoms with E-state index in [1.54, 1.807) is 0 Å². The number of halogens is 3. The Morgan fingerprint density at radius 3 is 2.47 bits per heavy atom. The molecule has 1 saturated heterocycles. The summed E-state index contributed by atoms with van der Waals surface area (Å²) in [6.45, 7) is 5.65. The molecule has 1 heterocycles. The Morgan fingerprint density at radius 2 is 2.00 bits per heavy atom. The molecular formula is C13H23F3N2O. The van der Waals surface area contributed by atoms with Crippen molar-refractivity contribution in [3.05, 3.63) is 0 Å². The fourth-order valence-electron chi connectivity index (χ4n) is 2.37. The number of nitrogens with zero attached hydrogens (tertiary/aromatic N) is 1. The maximum absolute atomic E-state index is 12.3. The second kappa shape index (κ2) is 6.59. The largest absolute Gasteiger partial charge is 0.390 e. The zero-order chi connectivity index (χ0) is 14.6. The van der Waals surface area contributed by atoms with E-state index >= 15 is 0 Å². The van der Waals surface area contributed by atoms with E-state index in [-0.39, 0.29) is 30.6 Å². The maximum Gasteiger partial charge on any atom is 0.390 e. The Morgan fingerprint density at radius 1 is 1.37 bits per heavy atom. The van der Waals surface area contributed by atoms with Gasteiger partial charge in [0.1, 0.15) is 0 Å². The third kappa shape index (κ3) is 4.37. The van der Waals surface area contributed by atoms with Crippen LogP contribution in [0.15, 0.2) is 0 Å². The number of amides is 1. The quantitative estimate of drug-likeness (QED) is 0.811. The van der Waals surface area contributed by atoms with Crippen LogP contribution in [0.2, 0.25) is 0 Å². The van der Waals surface area contributed by atoms with Gasteiger partial charge in [0.25, 0.3) is 0 Å². The lowest BCUT2D eigenvalue weighted by Crippen LogP contribution is -2.39. The molecule has 3 atom stereocenters. The second-order valence-electron chi connectivity index (χ2n) is 5.23. The lowest BCUT2D eigenvalue weighted by molar-refractivity contribution is -0.145. The summed E-state index contributed by atoms with van der Waals surface area (Å²) in [5.41, 5.74) is 0. The van der Waals surface area contributed by atoms with Gasteiger partial charge in [0.15, 0.2) is 0 Å². The minimum atomic E-state index is -4.22. The Hall–Kier alpha value is -0.780. The fourth-order valence-corrected chi connectivity index (χ4v) is 2.37. The first kappa shape index (κ1) is 16.3. The molecule has 0 spiro atoms. The van der Waals surface area contributed by atoms with Crippen LogP contribution in [0.5, 0.6) is 0 Å². The zero-order valence-corrected chi connectivity index (χ0v) is 11.8. The molecule has 1 fully saturated rings. The summed E-state index contributed by atoms with van der Waals surface area (Å²) in [6, 6.07) is -0.338. The molecule has 1 N–H and O–H groups in total. The van der Waals surface area contributed by atoms with Crippen molar-refractivity contribution in [3.8, 4) is 0 Å². The molecule has 1 aliphatic heterocycles. The Bertz CT molecular complexity index is 307. The Kier molecular flexibility index (Phi) is 5.64. The summed E-state index contributed by atoms with van der Waals surface area (Å²) in [5.74, 6) is -0.0419. The Balaban J connectivity index is 2.71. The van der Waals surface area contributed by atoms with E-state index in [0.29, 0.717) is 6.42 Å². The van der Waals surface area contributed by atoms with Gasteiger partial charge in [-0.2, -0.15) is 13.2 Å². The highest BCUT2D eigenvalue weighted by Crippen LogP contribution is 2.25. The fraction of sp³-hybridized carbons (Fsp3) is 0.923. The van der Waals surface area contributed by atoms with Gasteiger partial charge in [0.05, 0.1) is 18.6 Å². The molecule has 0 aromatic rings. The summed E-state index contributed by atoms with van der Waals surface area (Å²) in [4.78, 5) is 13.6. The predicted molar refractivity (Wildman–Crippen MR) is 67.5 cm³/mol. The molecule has 1 rings (SSSR count). The lowest BCUT2D eigenvalue weighted by Gasteiger charge is -2.24. The number of nitrogens with one attached hydrogen (secondary N) is 1. The first-order chi connectivity index (χ1) is 8.80. The van der Waals surface area contributed by atoms with Crippen LogP contribution in [0.4, 0.5) is 13.2 Å². The van der Waals surface area contributed by atoms with E-state index in [2.05, 4.69) is 5.32 Å². The average Bonchev–Trinajstić information content (AvgIpc) is 2.62. The Labute approximate surface area is 112 Å². The highest BCUT2D eigenvalue weighted by Gasteiger charge is 2.41. The SMILES string of the molecule is CCCC1NC(C(C)CC)C(=O)N1CCC(F)(F)F. The minimum Gasteiger partial charge on any atom is -0.325 e. The lowest BCUT2D eigenvalue weighted by atomic mass is 9.99. The molecule has 0 saturated carbocycles. The molecular weight excluding hydrogens is 257 g/mol. The normalized spacial score (nSPS) is 26.0. The smallest absolute Gasteiger partial charge is 0.325 e. The average molecular weight is 280 g/mol. The van der Waals surface area contributed by atoms with Gasteiger partial charge in [-0.15, -0.1) is 0 Å². The monoisotopic (exact) mass is 280 g/mol. The van der Waals surface area contributed by atoms with Crippen molar-refractivity contribution in [1.29, 1.82) is 0 Å². The number of hydrogen-bond acceptors (Lipinski definition) is 2. The van der Waals surface area contributed by atoms with Crippen LogP contribution in [0.3, 0.4) is 0 Å². The molecule has 0 aromatic heterocycles. The molecule has 0 aromatic carbocycles. The standard InChI is InChI=1S/C13H23F3N2O/c1-4-6-10-17-11(9(3)5-2)12(19)18(10)8-7-13(14,15)16/h9-11,17H,4-8H2,1-3H3. The molecule has 1 amide bonds. The van der Waals surface area contributed by atoms with Gasteiger partial charge in [-0.1, -0.05) is 33.6 Å². The van der Waals surface area contributed by atoms with Crippen LogP contribution in [0.1, 0.15) is 46.5 Å². The van der Waals surface area contributed by atoms with E-state index in [0.717, 1.165) is 12.8 Å². The molecule has 3 nitrogen and oxygen atoms in total. The zero-order valence-electron chi connectivity index (χ0n) is 11.8. The molecule has 0 aliphatic carbocycles. The topological polar surface area (TPSA) is 32.3 Å². The number of hydrogen-bond donors (Lipinski definition) is 1. The van der Waals surface area contributed by atoms with Crippen LogP contribution < -0.4 is 5.32 Å². The van der Waals surface area contributed by atoms with Crippen molar-refractivity contribution in [2.45, 2.75) is 64.8 Å². The molecule has 0 radical (unpaired) electrons. The molecule has 3 unspecified atom stereocenters. The van der Waals surface area contributed by atoms with Crippen LogP contribution in [0, 0.1) is 5.92 Å². The summed E-state index contributed by atoms with van der Waals surface area (Å²) >= 11 is 0. The second-order valence-corrected chi connectivity index (χ2v) is 5.23. The first-order valence-corrected chi connectivity index (χ1v) is 6.93. The van der Waals surface area contributed by atoms with Crippen molar-refractivity contribution < 1.29 is 18.0 Å². The summed E-state index contributed by atoms with van der Waals surface area (Å²) in [5, 5.41) is 3.19. The van der Waals surface area contributed by atoms with Gasteiger partial charge in [-0.3, -0.25) is 10.1 Å². The van der Waals surface area contributed by atoms with E-state index < -0.39 is 12.6 Å². The molecule has 0 bridgehead atoms. The van der Waals surface area contributed by atoms with Crippen LogP contribution in [0.25, 0.3) is 0 Å². The van der Waals surface area contributed by atoms with Gasteiger partial charge in [0, 0.05) is 6.54 Å². The highest BCUT2D eigenvalue weighted by atomic mass is 19.4. The van der Waals surface area contributed by atoms with Gasteiger partial charge >= 0.3 is 6.18 Å². The maximum atomic E-state index is 12.3. The predicted octanol–water partition coefficient (Wildman–Crippen LogP) is 2.91. The molecule has 1 aliphatic rings. The summed E-state index contributed by atoms with van der Waals surface area (Å²) < 4.78 is 36.9. The van der Waals surface area contributed by atoms with E-state index in [1.807, 2.05) is 20.8 Å². The third-order valence-corrected chi connectivity index (χ3v) is 3.71. The third-order valence-electron chi connectivity index (χ3n) is 3.71.